The summed E-state index contributed by atoms with van der Waals surface area (Å²) in [6.45, 7) is -0.104. The van der Waals surface area contributed by atoms with Crippen LogP contribution in [-0.4, -0.2) is 71.7 Å². The molecule has 25 heteroatoms. The molecule has 2 heterocycles. The molecule has 0 bridgehead atoms. The molecule has 3 rings (SSSR count). The second-order valence-corrected chi connectivity index (χ2v) is 14.8. The molecule has 1 aromatic carbocycles. The van der Waals surface area contributed by atoms with Crippen molar-refractivity contribution in [3.05, 3.63) is 69.0 Å². The second-order valence-electron chi connectivity index (χ2n) is 8.56. The Kier molecular flexibility index (Phi) is 12.0. The Hall–Kier alpha value is -2.15. The third-order valence-electron chi connectivity index (χ3n) is 5.17. The summed E-state index contributed by atoms with van der Waals surface area (Å²) in [5, 5.41) is 10.8. The van der Waals surface area contributed by atoms with Gasteiger partial charge in [0.05, 0.1) is 18.8 Å². The van der Waals surface area contributed by atoms with Crippen molar-refractivity contribution in [1.29, 1.82) is 0 Å². The van der Waals surface area contributed by atoms with Crippen molar-refractivity contribution in [2.75, 3.05) is 13.2 Å². The molecule has 8 atom stereocenters. The molecule has 0 amide bonds. The van der Waals surface area contributed by atoms with Gasteiger partial charge in [0, 0.05) is 12.3 Å². The summed E-state index contributed by atoms with van der Waals surface area (Å²) in [6, 6.07) is 8.26. The second kappa shape index (κ2) is 14.5. The first kappa shape index (κ1) is 36.3. The van der Waals surface area contributed by atoms with E-state index in [1.165, 1.54) is 31.2 Å². The van der Waals surface area contributed by atoms with E-state index in [4.69, 9.17) is 9.47 Å². The van der Waals surface area contributed by atoms with Gasteiger partial charge < -0.3 is 34.2 Å². The number of H-pyrrole nitrogens is 1. The number of ether oxygens (including phenoxy) is 2. The standard InChI is InChI=1S/C19H26N2O19P4/c1-2-10-34-41(26,27)38-43(30,31)40-44(32,33)39-42(28,29)35-11-13-15(23)16(37-18(24)12-6-4-3-5-7-12)17(36-13)21-9-8-14(22)20-19(21)25/h3-9,13,15-17,23H,2,10-11H2,1H3,(H,26,27)(H,28,29)(H,30,31)(H,32,33)(H,20,22,25)/t13-,15?,16+,17-/m1/s1. The summed E-state index contributed by atoms with van der Waals surface area (Å²) >= 11 is 0. The number of aliphatic hydroxyl groups excluding tert-OH is 1. The van der Waals surface area contributed by atoms with Crippen LogP contribution in [0, 0.1) is 0 Å². The van der Waals surface area contributed by atoms with Gasteiger partial charge in [-0.15, -0.1) is 0 Å². The van der Waals surface area contributed by atoms with Gasteiger partial charge in [0.25, 0.3) is 5.56 Å². The Balaban J connectivity index is 1.73. The number of rotatable bonds is 15. The molecule has 1 saturated heterocycles. The number of aromatic nitrogens is 2. The fourth-order valence-corrected chi connectivity index (χ4v) is 8.47. The third-order valence-corrected chi connectivity index (χ3v) is 11.1. The fraction of sp³-hybridized carbons (Fsp3) is 0.421. The highest BCUT2D eigenvalue weighted by Gasteiger charge is 2.50. The molecule has 0 saturated carbocycles. The molecule has 246 valence electrons. The predicted octanol–water partition coefficient (Wildman–Crippen LogP) is 0.915. The molecule has 1 aliphatic rings. The van der Waals surface area contributed by atoms with Crippen LogP contribution in [0.2, 0.25) is 0 Å². The Bertz CT molecular complexity index is 1630. The van der Waals surface area contributed by atoms with Gasteiger partial charge in [-0.2, -0.15) is 12.9 Å². The molecule has 5 unspecified atom stereocenters. The number of hydrogen-bond donors (Lipinski definition) is 6. The highest BCUT2D eigenvalue weighted by Crippen LogP contribution is 2.71. The zero-order valence-corrected chi connectivity index (χ0v) is 25.7. The number of phosphoric acid groups is 4. The van der Waals surface area contributed by atoms with Crippen LogP contribution in [0.25, 0.3) is 0 Å². The van der Waals surface area contributed by atoms with E-state index in [0.717, 1.165) is 16.8 Å². The lowest BCUT2D eigenvalue weighted by atomic mass is 10.1. The van der Waals surface area contributed by atoms with Crippen molar-refractivity contribution in [2.24, 2.45) is 0 Å². The molecular weight excluding hydrogens is 684 g/mol. The first-order chi connectivity index (χ1) is 20.3. The molecule has 0 aliphatic carbocycles. The molecule has 0 spiro atoms. The normalized spacial score (nSPS) is 25.7. The maximum absolute atomic E-state index is 12.7. The van der Waals surface area contributed by atoms with E-state index >= 15 is 0 Å². The van der Waals surface area contributed by atoms with Gasteiger partial charge >= 0.3 is 42.9 Å². The zero-order valence-electron chi connectivity index (χ0n) is 22.2. The molecule has 1 aromatic heterocycles. The van der Waals surface area contributed by atoms with Crippen molar-refractivity contribution in [3.8, 4) is 0 Å². The Morgan fingerprint density at radius 2 is 1.48 bits per heavy atom. The van der Waals surface area contributed by atoms with E-state index in [2.05, 4.69) is 22.0 Å². The summed E-state index contributed by atoms with van der Waals surface area (Å²) in [5.41, 5.74) is -1.84. The van der Waals surface area contributed by atoms with Gasteiger partial charge in [0.15, 0.2) is 12.3 Å². The van der Waals surface area contributed by atoms with Gasteiger partial charge in [-0.05, 0) is 18.6 Å². The van der Waals surface area contributed by atoms with Crippen LogP contribution in [0.3, 0.4) is 0 Å². The SMILES string of the molecule is CCCOP(=O)(O)OP(=O)(O)OP(=O)(O)OP(=O)(O)OC[C@H]1O[C@@H](n2ccc(=O)[nH]c2=O)[C@@H](OC(=O)c2ccccc2)C1O. The minimum absolute atomic E-state index is 0.0264. The van der Waals surface area contributed by atoms with E-state index in [0.29, 0.717) is 0 Å². The summed E-state index contributed by atoms with van der Waals surface area (Å²) < 4.78 is 79.6. The lowest BCUT2D eigenvalue weighted by molar-refractivity contribution is -0.0597. The maximum atomic E-state index is 12.7. The third kappa shape index (κ3) is 10.5. The molecule has 6 N–H and O–H groups in total. The number of aliphatic hydroxyl groups is 1. The molecular formula is C19H26N2O19P4. The zero-order chi connectivity index (χ0) is 32.9. The Morgan fingerprint density at radius 1 is 0.909 bits per heavy atom. The van der Waals surface area contributed by atoms with Crippen molar-refractivity contribution in [1.82, 2.24) is 9.55 Å². The van der Waals surface area contributed by atoms with Crippen LogP contribution in [0.1, 0.15) is 29.9 Å². The Labute approximate surface area is 246 Å². The lowest BCUT2D eigenvalue weighted by Crippen LogP contribution is -2.40. The number of nitrogens with one attached hydrogen (secondary N) is 1. The molecule has 21 nitrogen and oxygen atoms in total. The van der Waals surface area contributed by atoms with Crippen molar-refractivity contribution >= 4 is 37.3 Å². The van der Waals surface area contributed by atoms with E-state index in [9.17, 15) is 57.3 Å². The number of esters is 1. The van der Waals surface area contributed by atoms with Crippen LogP contribution in [0.15, 0.2) is 52.2 Å². The molecule has 1 aliphatic heterocycles. The largest absolute Gasteiger partial charge is 0.490 e. The summed E-state index contributed by atoms with van der Waals surface area (Å²) in [7, 11) is -23.1. The van der Waals surface area contributed by atoms with Crippen molar-refractivity contribution in [2.45, 2.75) is 37.9 Å². The van der Waals surface area contributed by atoms with E-state index in [1.54, 1.807) is 6.07 Å². The summed E-state index contributed by atoms with van der Waals surface area (Å²) in [5.74, 6) is -0.986. The average molecular weight is 710 g/mol. The lowest BCUT2D eigenvalue weighted by Gasteiger charge is -2.22. The van der Waals surface area contributed by atoms with Crippen molar-refractivity contribution in [3.63, 3.8) is 0 Å². The monoisotopic (exact) mass is 710 g/mol. The van der Waals surface area contributed by atoms with Gasteiger partial charge in [-0.1, -0.05) is 25.1 Å². The van der Waals surface area contributed by atoms with E-state index in [1.807, 2.05) is 4.98 Å². The van der Waals surface area contributed by atoms with Crippen LogP contribution >= 0.6 is 31.3 Å². The number of carbonyl (C=O) groups excluding carboxylic acids is 1. The highest BCUT2D eigenvalue weighted by molar-refractivity contribution is 7.69. The van der Waals surface area contributed by atoms with Crippen LogP contribution in [0.4, 0.5) is 0 Å². The number of nitrogens with zero attached hydrogens (tertiary/aromatic N) is 1. The molecule has 0 radical (unpaired) electrons. The molecule has 1 fully saturated rings. The van der Waals surface area contributed by atoms with Gasteiger partial charge in [0.2, 0.25) is 0 Å². The van der Waals surface area contributed by atoms with Crippen LogP contribution in [0.5, 0.6) is 0 Å². The van der Waals surface area contributed by atoms with Crippen LogP contribution < -0.4 is 11.2 Å². The maximum Gasteiger partial charge on any atom is 0.490 e. The van der Waals surface area contributed by atoms with Crippen LogP contribution in [-0.2, 0) is 49.7 Å². The Morgan fingerprint density at radius 3 is 2.05 bits per heavy atom. The van der Waals surface area contributed by atoms with E-state index in [-0.39, 0.29) is 12.0 Å². The quantitative estimate of drug-likeness (QED) is 0.110. The summed E-state index contributed by atoms with van der Waals surface area (Å²) in [6.07, 6.45) is -5.88. The first-order valence-electron chi connectivity index (χ1n) is 12.0. The van der Waals surface area contributed by atoms with E-state index < -0.39 is 86.3 Å². The minimum Gasteiger partial charge on any atom is -0.451 e. The van der Waals surface area contributed by atoms with Gasteiger partial charge in [0.1, 0.15) is 12.2 Å². The number of benzene rings is 1. The number of carbonyl (C=O) groups is 1. The average Bonchev–Trinajstić information content (AvgIpc) is 3.19. The number of hydrogen-bond acceptors (Lipinski definition) is 15. The van der Waals surface area contributed by atoms with Gasteiger partial charge in [-0.25, -0.2) is 27.8 Å². The first-order valence-corrected chi connectivity index (χ1v) is 18.0. The summed E-state index contributed by atoms with van der Waals surface area (Å²) in [4.78, 5) is 76.9. The molecule has 44 heavy (non-hydrogen) atoms. The molecule has 2 aromatic rings. The number of aromatic amines is 1. The minimum atomic E-state index is -6.08. The predicted molar refractivity (Wildman–Crippen MR) is 142 cm³/mol. The smallest absolute Gasteiger partial charge is 0.451 e. The fourth-order valence-electron chi connectivity index (χ4n) is 3.44. The topological polar surface area (TPSA) is 306 Å². The number of phosphoric ester groups is 2. The highest BCUT2D eigenvalue weighted by atomic mass is 31.3. The van der Waals surface area contributed by atoms with Crippen molar-refractivity contribution < 1.29 is 79.2 Å². The van der Waals surface area contributed by atoms with Gasteiger partial charge in [-0.3, -0.25) is 23.4 Å².